The summed E-state index contributed by atoms with van der Waals surface area (Å²) >= 11 is 1.70. The maximum Gasteiger partial charge on any atom is 0.178 e. The van der Waals surface area contributed by atoms with Crippen molar-refractivity contribution in [2.24, 2.45) is 0 Å². The summed E-state index contributed by atoms with van der Waals surface area (Å²) in [7, 11) is 0. The lowest BCUT2D eigenvalue weighted by Crippen LogP contribution is -2.08. The minimum atomic E-state index is 0.238. The summed E-state index contributed by atoms with van der Waals surface area (Å²) in [5.74, 6) is 0.238. The van der Waals surface area contributed by atoms with Crippen molar-refractivity contribution < 1.29 is 4.79 Å². The summed E-state index contributed by atoms with van der Waals surface area (Å²) in [5, 5.41) is 4.51. The van der Waals surface area contributed by atoms with Crippen LogP contribution in [0.1, 0.15) is 51.8 Å². The van der Waals surface area contributed by atoms with E-state index < -0.39 is 0 Å². The maximum atomic E-state index is 12.5. The summed E-state index contributed by atoms with van der Waals surface area (Å²) in [6.45, 7) is 4.99. The van der Waals surface area contributed by atoms with E-state index in [0.717, 1.165) is 42.1 Å². The molecule has 0 atom stereocenters. The molecular weight excluding hydrogens is 268 g/mol. The first-order valence-corrected chi connectivity index (χ1v) is 8.23. The first-order chi connectivity index (χ1) is 9.71. The Morgan fingerprint density at radius 2 is 2.20 bits per heavy atom. The topological polar surface area (TPSA) is 34.9 Å². The predicted octanol–water partition coefficient (Wildman–Crippen LogP) is 3.44. The smallest absolute Gasteiger partial charge is 0.178 e. The zero-order chi connectivity index (χ0) is 14.1. The van der Waals surface area contributed by atoms with Crippen LogP contribution in [0.5, 0.6) is 0 Å². The molecule has 0 saturated heterocycles. The zero-order valence-corrected chi connectivity index (χ0v) is 12.9. The van der Waals surface area contributed by atoms with Gasteiger partial charge in [-0.1, -0.05) is 6.92 Å². The maximum absolute atomic E-state index is 12.5. The van der Waals surface area contributed by atoms with E-state index in [9.17, 15) is 4.79 Å². The summed E-state index contributed by atoms with van der Waals surface area (Å²) in [6, 6.07) is 4.19. The van der Waals surface area contributed by atoms with Gasteiger partial charge in [0.25, 0.3) is 0 Å². The first kappa shape index (κ1) is 13.6. The van der Waals surface area contributed by atoms with Crippen LogP contribution in [0.4, 0.5) is 0 Å². The zero-order valence-electron chi connectivity index (χ0n) is 12.1. The Morgan fingerprint density at radius 1 is 1.35 bits per heavy atom. The third kappa shape index (κ3) is 2.44. The number of Topliss-reactive ketones (excluding diaryl/α,β-unsaturated/α-hetero) is 1. The van der Waals surface area contributed by atoms with Crippen LogP contribution in [0.25, 0.3) is 0 Å². The summed E-state index contributed by atoms with van der Waals surface area (Å²) in [5.41, 5.74) is 3.52. The van der Waals surface area contributed by atoms with Gasteiger partial charge in [0.15, 0.2) is 5.78 Å². The van der Waals surface area contributed by atoms with Gasteiger partial charge in [-0.2, -0.15) is 5.10 Å². The number of thiophene rings is 1. The van der Waals surface area contributed by atoms with E-state index in [2.05, 4.69) is 31.1 Å². The standard InChI is InChI=1S/C16H20N2OS/c1-3-12-9-13(18(4-2)17-12)10-14(19)16-8-11-6-5-7-15(11)20-16/h8-9H,3-7,10H2,1-2H3. The van der Waals surface area contributed by atoms with Crippen LogP contribution in [-0.2, 0) is 32.2 Å². The van der Waals surface area contributed by atoms with Gasteiger partial charge in [-0.25, -0.2) is 0 Å². The minimum absolute atomic E-state index is 0.238. The first-order valence-electron chi connectivity index (χ1n) is 7.41. The van der Waals surface area contributed by atoms with Crippen LogP contribution in [0, 0.1) is 0 Å². The highest BCUT2D eigenvalue weighted by atomic mass is 32.1. The number of aryl methyl sites for hydroxylation is 4. The highest BCUT2D eigenvalue weighted by Crippen LogP contribution is 2.31. The molecule has 1 aliphatic carbocycles. The van der Waals surface area contributed by atoms with Crippen molar-refractivity contribution in [3.05, 3.63) is 38.8 Å². The number of nitrogens with zero attached hydrogens (tertiary/aromatic N) is 2. The van der Waals surface area contributed by atoms with Crippen molar-refractivity contribution in [2.45, 2.75) is 52.5 Å². The molecule has 0 unspecified atom stereocenters. The molecule has 0 aliphatic heterocycles. The minimum Gasteiger partial charge on any atom is -0.293 e. The molecule has 0 saturated carbocycles. The second kappa shape index (κ2) is 5.52. The van der Waals surface area contributed by atoms with Crippen LogP contribution in [0.3, 0.4) is 0 Å². The number of fused-ring (bicyclic) bond motifs is 1. The summed E-state index contributed by atoms with van der Waals surface area (Å²) < 4.78 is 1.96. The molecule has 2 aromatic rings. The Labute approximate surface area is 123 Å². The molecule has 3 rings (SSSR count). The molecule has 0 N–H and O–H groups in total. The molecular formula is C16H20N2OS. The van der Waals surface area contributed by atoms with Crippen LogP contribution < -0.4 is 0 Å². The van der Waals surface area contributed by atoms with Gasteiger partial charge in [0.2, 0.25) is 0 Å². The van der Waals surface area contributed by atoms with E-state index in [1.165, 1.54) is 16.9 Å². The highest BCUT2D eigenvalue weighted by Gasteiger charge is 2.19. The number of carbonyl (C=O) groups is 1. The predicted molar refractivity (Wildman–Crippen MR) is 81.7 cm³/mol. The molecule has 0 radical (unpaired) electrons. The monoisotopic (exact) mass is 288 g/mol. The van der Waals surface area contributed by atoms with E-state index >= 15 is 0 Å². The fourth-order valence-electron chi connectivity index (χ4n) is 2.82. The number of hydrogen-bond donors (Lipinski definition) is 0. The van der Waals surface area contributed by atoms with Gasteiger partial charge < -0.3 is 0 Å². The molecule has 2 heterocycles. The van der Waals surface area contributed by atoms with Gasteiger partial charge in [0, 0.05) is 17.1 Å². The number of carbonyl (C=O) groups excluding carboxylic acids is 1. The Hall–Kier alpha value is -1.42. The van der Waals surface area contributed by atoms with E-state index in [4.69, 9.17) is 0 Å². The van der Waals surface area contributed by atoms with E-state index in [-0.39, 0.29) is 5.78 Å². The summed E-state index contributed by atoms with van der Waals surface area (Å²) in [4.78, 5) is 14.8. The molecule has 106 valence electrons. The lowest BCUT2D eigenvalue weighted by molar-refractivity contribution is 0.0994. The van der Waals surface area contributed by atoms with Crippen LogP contribution in [0.15, 0.2) is 12.1 Å². The second-order valence-corrected chi connectivity index (χ2v) is 6.45. The van der Waals surface area contributed by atoms with Crippen LogP contribution in [-0.4, -0.2) is 15.6 Å². The molecule has 4 heteroatoms. The fourth-order valence-corrected chi connectivity index (χ4v) is 4.01. The Kier molecular flexibility index (Phi) is 3.74. The van der Waals surface area contributed by atoms with E-state index in [1.54, 1.807) is 11.3 Å². The SMILES string of the molecule is CCc1cc(CC(=O)c2cc3c(s2)CCC3)n(CC)n1. The lowest BCUT2D eigenvalue weighted by Gasteiger charge is -2.02. The van der Waals surface area contributed by atoms with Gasteiger partial charge in [0.05, 0.1) is 17.0 Å². The molecule has 20 heavy (non-hydrogen) atoms. The van der Waals surface area contributed by atoms with Crippen LogP contribution in [0.2, 0.25) is 0 Å². The van der Waals surface area contributed by atoms with Crippen molar-refractivity contribution in [1.29, 1.82) is 0 Å². The second-order valence-electron chi connectivity index (χ2n) is 5.31. The van der Waals surface area contributed by atoms with Crippen molar-refractivity contribution in [2.75, 3.05) is 0 Å². The third-order valence-corrected chi connectivity index (χ3v) is 5.22. The van der Waals surface area contributed by atoms with Crippen molar-refractivity contribution in [3.63, 3.8) is 0 Å². The fraction of sp³-hybridized carbons (Fsp3) is 0.500. The van der Waals surface area contributed by atoms with Gasteiger partial charge in [-0.05, 0) is 50.3 Å². The van der Waals surface area contributed by atoms with Crippen molar-refractivity contribution in [1.82, 2.24) is 9.78 Å². The van der Waals surface area contributed by atoms with Gasteiger partial charge in [0.1, 0.15) is 0 Å². The van der Waals surface area contributed by atoms with E-state index in [1.807, 2.05) is 4.68 Å². The van der Waals surface area contributed by atoms with Gasteiger partial charge in [-0.3, -0.25) is 9.48 Å². The molecule has 1 aliphatic rings. The molecule has 2 aromatic heterocycles. The molecule has 0 spiro atoms. The number of aromatic nitrogens is 2. The molecule has 3 nitrogen and oxygen atoms in total. The van der Waals surface area contributed by atoms with Crippen LogP contribution >= 0.6 is 11.3 Å². The number of ketones is 1. The Morgan fingerprint density at radius 3 is 2.90 bits per heavy atom. The average molecular weight is 288 g/mol. The van der Waals surface area contributed by atoms with Gasteiger partial charge in [-0.15, -0.1) is 11.3 Å². The normalized spacial score (nSPS) is 13.7. The largest absolute Gasteiger partial charge is 0.293 e. The molecule has 0 fully saturated rings. The number of hydrogen-bond acceptors (Lipinski definition) is 3. The quantitative estimate of drug-likeness (QED) is 0.790. The lowest BCUT2D eigenvalue weighted by atomic mass is 10.1. The molecule has 0 aromatic carbocycles. The molecule has 0 bridgehead atoms. The molecule has 0 amide bonds. The number of rotatable bonds is 5. The van der Waals surface area contributed by atoms with Crippen molar-refractivity contribution >= 4 is 17.1 Å². The van der Waals surface area contributed by atoms with Gasteiger partial charge >= 0.3 is 0 Å². The van der Waals surface area contributed by atoms with Crippen molar-refractivity contribution in [3.8, 4) is 0 Å². The highest BCUT2D eigenvalue weighted by molar-refractivity contribution is 7.14. The third-order valence-electron chi connectivity index (χ3n) is 3.94. The van der Waals surface area contributed by atoms with E-state index in [0.29, 0.717) is 6.42 Å². The summed E-state index contributed by atoms with van der Waals surface area (Å²) in [6.07, 6.45) is 4.94. The average Bonchev–Trinajstić information content (AvgIpc) is 3.11. The Bertz CT molecular complexity index is 617. The Balaban J connectivity index is 1.79.